The third-order valence-electron chi connectivity index (χ3n) is 1.67. The van der Waals surface area contributed by atoms with Crippen molar-refractivity contribution >= 4 is 12.8 Å². The maximum absolute atomic E-state index is 8.52. The molecule has 0 amide bonds. The summed E-state index contributed by atoms with van der Waals surface area (Å²) in [4.78, 5) is 3.96. The molecule has 0 unspecified atom stereocenters. The number of thiol groups is 1. The van der Waals surface area contributed by atoms with Crippen molar-refractivity contribution in [3.05, 3.63) is 29.6 Å². The molecule has 0 saturated carbocycles. The second-order valence-corrected chi connectivity index (χ2v) is 3.21. The number of rotatable bonds is 3. The minimum atomic E-state index is 0.450. The van der Waals surface area contributed by atoms with Crippen molar-refractivity contribution < 1.29 is 0 Å². The number of pyridine rings is 1. The number of nitriles is 1. The molecule has 0 atom stereocenters. The smallest absolute Gasteiger partial charge is 0.140 e. The summed E-state index contributed by atoms with van der Waals surface area (Å²) >= 11 is 4.23. The summed E-state index contributed by atoms with van der Waals surface area (Å²) in [6, 6.07) is 5.59. The first kappa shape index (κ1) is 10.0. The van der Waals surface area contributed by atoms with Crippen LogP contribution in [0.2, 0.25) is 0 Å². The topological polar surface area (TPSA) is 39.9 Å². The Kier molecular flexibility index (Phi) is 3.74. The first-order chi connectivity index (χ1) is 6.26. The Labute approximate surface area is 83.6 Å². The predicted octanol–water partition coefficient (Wildman–Crippen LogP) is 1.62. The van der Waals surface area contributed by atoms with Crippen molar-refractivity contribution in [3.63, 3.8) is 0 Å². The van der Waals surface area contributed by atoms with Crippen molar-refractivity contribution in [3.8, 4) is 6.07 Å². The molecule has 0 aliphatic rings. The Morgan fingerprint density at radius 2 is 2.38 bits per heavy atom. The predicted molar refractivity (Wildman–Crippen MR) is 54.0 cm³/mol. The van der Waals surface area contributed by atoms with Gasteiger partial charge in [0, 0.05) is 19.3 Å². The van der Waals surface area contributed by atoms with Crippen molar-refractivity contribution in [2.75, 3.05) is 6.54 Å². The van der Waals surface area contributed by atoms with E-state index < -0.39 is 0 Å². The molecule has 0 aliphatic heterocycles. The molecular weight excluding hydrogens is 182 g/mol. The van der Waals surface area contributed by atoms with Crippen LogP contribution < -0.4 is 0 Å². The molecule has 0 spiro atoms. The molecule has 1 aromatic rings. The lowest BCUT2D eigenvalue weighted by molar-refractivity contribution is 0.498. The van der Waals surface area contributed by atoms with Crippen LogP contribution in [-0.2, 0) is 6.54 Å². The number of hydrogen-bond donors (Lipinski definition) is 1. The van der Waals surface area contributed by atoms with Crippen LogP contribution in [0, 0.1) is 11.3 Å². The molecule has 0 bridgehead atoms. The normalized spacial score (nSPS) is 10.0. The van der Waals surface area contributed by atoms with Gasteiger partial charge in [0.2, 0.25) is 0 Å². The molecule has 0 radical (unpaired) electrons. The average molecular weight is 193 g/mol. The highest BCUT2D eigenvalue weighted by atomic mass is 32.1. The third-order valence-corrected chi connectivity index (χ3v) is 2.09. The van der Waals surface area contributed by atoms with Crippen LogP contribution in [0.5, 0.6) is 0 Å². The van der Waals surface area contributed by atoms with Gasteiger partial charge in [0.05, 0.1) is 0 Å². The minimum absolute atomic E-state index is 0.450. The molecule has 0 saturated heterocycles. The standard InChI is InChI=1S/C9H11N3S/c1-2-12(13)7-8-3-4-9(5-10)11-6-8/h3-4,6,13H,2,7H2,1H3. The highest BCUT2D eigenvalue weighted by molar-refractivity contribution is 7.77. The van der Waals surface area contributed by atoms with Crippen LogP contribution in [0.15, 0.2) is 18.3 Å². The lowest BCUT2D eigenvalue weighted by Crippen LogP contribution is -2.10. The Balaban J connectivity index is 2.65. The Morgan fingerprint density at radius 3 is 2.85 bits per heavy atom. The monoisotopic (exact) mass is 193 g/mol. The molecule has 1 heterocycles. The number of hydrogen-bond acceptors (Lipinski definition) is 4. The first-order valence-electron chi connectivity index (χ1n) is 4.05. The van der Waals surface area contributed by atoms with Gasteiger partial charge in [0.15, 0.2) is 0 Å². The fourth-order valence-corrected chi connectivity index (χ4v) is 1.07. The lowest BCUT2D eigenvalue weighted by atomic mass is 10.2. The molecule has 68 valence electrons. The van der Waals surface area contributed by atoms with Gasteiger partial charge in [-0.05, 0) is 11.6 Å². The van der Waals surface area contributed by atoms with E-state index in [1.54, 1.807) is 12.3 Å². The Bertz CT molecular complexity index is 302. The molecule has 4 heteroatoms. The maximum Gasteiger partial charge on any atom is 0.140 e. The quantitative estimate of drug-likeness (QED) is 0.741. The van der Waals surface area contributed by atoms with Gasteiger partial charge in [-0.3, -0.25) is 0 Å². The fraction of sp³-hybridized carbons (Fsp3) is 0.333. The maximum atomic E-state index is 8.52. The number of aromatic nitrogens is 1. The zero-order valence-corrected chi connectivity index (χ0v) is 8.33. The molecule has 1 rings (SSSR count). The van der Waals surface area contributed by atoms with E-state index in [4.69, 9.17) is 5.26 Å². The lowest BCUT2D eigenvalue weighted by Gasteiger charge is -2.11. The van der Waals surface area contributed by atoms with E-state index in [1.165, 1.54) is 0 Å². The van der Waals surface area contributed by atoms with E-state index >= 15 is 0 Å². The Hall–Kier alpha value is -1.05. The van der Waals surface area contributed by atoms with Gasteiger partial charge < -0.3 is 0 Å². The van der Waals surface area contributed by atoms with Gasteiger partial charge in [-0.2, -0.15) is 5.26 Å². The molecular formula is C9H11N3S. The van der Waals surface area contributed by atoms with Crippen molar-refractivity contribution in [1.29, 1.82) is 5.26 Å². The van der Waals surface area contributed by atoms with Crippen LogP contribution in [0.4, 0.5) is 0 Å². The first-order valence-corrected chi connectivity index (χ1v) is 4.45. The highest BCUT2D eigenvalue weighted by Gasteiger charge is 1.98. The summed E-state index contributed by atoms with van der Waals surface area (Å²) < 4.78 is 1.88. The van der Waals surface area contributed by atoms with Crippen LogP contribution in [-0.4, -0.2) is 15.8 Å². The number of nitrogens with zero attached hydrogens (tertiary/aromatic N) is 3. The SMILES string of the molecule is CCN(S)Cc1ccc(C#N)nc1. The molecule has 1 aromatic heterocycles. The zero-order valence-electron chi connectivity index (χ0n) is 7.44. The summed E-state index contributed by atoms with van der Waals surface area (Å²) in [7, 11) is 0. The summed E-state index contributed by atoms with van der Waals surface area (Å²) in [6.07, 6.45) is 1.71. The van der Waals surface area contributed by atoms with E-state index in [9.17, 15) is 0 Å². The second kappa shape index (κ2) is 4.85. The minimum Gasteiger partial charge on any atom is -0.249 e. The highest BCUT2D eigenvalue weighted by Crippen LogP contribution is 2.05. The van der Waals surface area contributed by atoms with Crippen molar-refractivity contribution in [2.24, 2.45) is 0 Å². The van der Waals surface area contributed by atoms with E-state index in [-0.39, 0.29) is 0 Å². The van der Waals surface area contributed by atoms with Gasteiger partial charge in [0.25, 0.3) is 0 Å². The third kappa shape index (κ3) is 3.05. The zero-order chi connectivity index (χ0) is 9.68. The Morgan fingerprint density at radius 1 is 1.62 bits per heavy atom. The second-order valence-electron chi connectivity index (χ2n) is 2.64. The summed E-state index contributed by atoms with van der Waals surface area (Å²) in [5.74, 6) is 0. The molecule has 0 aliphatic carbocycles. The van der Waals surface area contributed by atoms with E-state index in [1.807, 2.05) is 23.4 Å². The molecule has 0 N–H and O–H groups in total. The van der Waals surface area contributed by atoms with Gasteiger partial charge in [-0.1, -0.05) is 25.8 Å². The van der Waals surface area contributed by atoms with Gasteiger partial charge in [-0.25, -0.2) is 9.29 Å². The van der Waals surface area contributed by atoms with Gasteiger partial charge >= 0.3 is 0 Å². The summed E-state index contributed by atoms with van der Waals surface area (Å²) in [5, 5.41) is 8.52. The summed E-state index contributed by atoms with van der Waals surface area (Å²) in [6.45, 7) is 3.66. The molecule has 0 aromatic carbocycles. The van der Waals surface area contributed by atoms with Gasteiger partial charge in [0.1, 0.15) is 11.8 Å². The van der Waals surface area contributed by atoms with E-state index in [2.05, 4.69) is 17.8 Å². The van der Waals surface area contributed by atoms with Crippen LogP contribution in [0.25, 0.3) is 0 Å². The molecule has 0 fully saturated rings. The van der Waals surface area contributed by atoms with Crippen molar-refractivity contribution in [2.45, 2.75) is 13.5 Å². The van der Waals surface area contributed by atoms with Gasteiger partial charge in [-0.15, -0.1) is 0 Å². The molecule has 13 heavy (non-hydrogen) atoms. The van der Waals surface area contributed by atoms with Crippen LogP contribution in [0.3, 0.4) is 0 Å². The van der Waals surface area contributed by atoms with E-state index in [0.717, 1.165) is 18.7 Å². The van der Waals surface area contributed by atoms with Crippen LogP contribution >= 0.6 is 12.8 Å². The molecule has 3 nitrogen and oxygen atoms in total. The fourth-order valence-electron chi connectivity index (χ4n) is 0.907. The van der Waals surface area contributed by atoms with E-state index in [0.29, 0.717) is 5.69 Å². The largest absolute Gasteiger partial charge is 0.249 e. The average Bonchev–Trinajstić information content (AvgIpc) is 2.19. The van der Waals surface area contributed by atoms with Crippen LogP contribution in [0.1, 0.15) is 18.2 Å². The summed E-state index contributed by atoms with van der Waals surface area (Å²) in [5.41, 5.74) is 1.52. The van der Waals surface area contributed by atoms with Crippen molar-refractivity contribution in [1.82, 2.24) is 9.29 Å².